The average molecular weight is 368 g/mol. The van der Waals surface area contributed by atoms with Crippen LogP contribution in [0.25, 0.3) is 33.5 Å². The molecule has 136 valence electrons. The van der Waals surface area contributed by atoms with Crippen molar-refractivity contribution in [3.05, 3.63) is 72.6 Å². The van der Waals surface area contributed by atoms with E-state index in [4.69, 9.17) is 9.72 Å². The topological polar surface area (TPSA) is 78.6 Å². The molecule has 0 unspecified atom stereocenters. The van der Waals surface area contributed by atoms with Crippen LogP contribution in [0.4, 0.5) is 0 Å². The van der Waals surface area contributed by atoms with Gasteiger partial charge in [0.25, 0.3) is 0 Å². The summed E-state index contributed by atoms with van der Waals surface area (Å²) in [6.45, 7) is 0.558. The molecule has 28 heavy (non-hydrogen) atoms. The predicted molar refractivity (Wildman–Crippen MR) is 106 cm³/mol. The smallest absolute Gasteiger partial charge is 0.221 e. The van der Waals surface area contributed by atoms with Gasteiger partial charge in [0.2, 0.25) is 5.65 Å². The van der Waals surface area contributed by atoms with E-state index in [0.717, 1.165) is 33.5 Å². The zero-order valence-electron chi connectivity index (χ0n) is 15.1. The van der Waals surface area contributed by atoms with E-state index in [2.05, 4.69) is 26.3 Å². The number of nitrogens with zero attached hydrogens (tertiary/aromatic N) is 6. The fourth-order valence-electron chi connectivity index (χ4n) is 3.16. The third-order valence-corrected chi connectivity index (χ3v) is 4.61. The zero-order chi connectivity index (χ0) is 18.9. The molecule has 0 N–H and O–H groups in total. The Morgan fingerprint density at radius 2 is 1.89 bits per heavy atom. The van der Waals surface area contributed by atoms with Crippen molar-refractivity contribution in [2.45, 2.75) is 6.54 Å². The van der Waals surface area contributed by atoms with Gasteiger partial charge in [0.1, 0.15) is 5.75 Å². The molecule has 5 aromatic rings. The highest BCUT2D eigenvalue weighted by molar-refractivity contribution is 5.79. The van der Waals surface area contributed by atoms with E-state index in [1.165, 1.54) is 0 Å². The quantitative estimate of drug-likeness (QED) is 0.483. The lowest BCUT2D eigenvalue weighted by atomic mass is 10.1. The fourth-order valence-corrected chi connectivity index (χ4v) is 3.16. The van der Waals surface area contributed by atoms with Crippen LogP contribution in [0.3, 0.4) is 0 Å². The first kappa shape index (κ1) is 16.3. The van der Waals surface area contributed by atoms with Crippen molar-refractivity contribution in [2.75, 3.05) is 7.11 Å². The molecule has 0 aliphatic heterocycles. The molecule has 0 radical (unpaired) electrons. The summed E-state index contributed by atoms with van der Waals surface area (Å²) in [5, 5.41) is 9.48. The van der Waals surface area contributed by atoms with Crippen molar-refractivity contribution in [1.29, 1.82) is 0 Å². The molecule has 0 aliphatic rings. The summed E-state index contributed by atoms with van der Waals surface area (Å²) in [7, 11) is 1.65. The molecule has 7 nitrogen and oxygen atoms in total. The second kappa shape index (κ2) is 6.70. The lowest BCUT2D eigenvalue weighted by Gasteiger charge is -2.05. The van der Waals surface area contributed by atoms with E-state index in [0.29, 0.717) is 17.8 Å². The second-order valence-electron chi connectivity index (χ2n) is 6.41. The Kier molecular flexibility index (Phi) is 3.90. The molecule has 5 rings (SSSR count). The Morgan fingerprint density at radius 1 is 1.00 bits per heavy atom. The molecule has 7 heteroatoms. The minimum atomic E-state index is 0.528. The fraction of sp³-hybridized carbons (Fsp3) is 0.0952. The number of benzene rings is 2. The number of pyridine rings is 1. The third kappa shape index (κ3) is 2.92. The highest BCUT2D eigenvalue weighted by atomic mass is 16.5. The highest BCUT2D eigenvalue weighted by Gasteiger charge is 2.11. The molecule has 2 aromatic carbocycles. The number of aromatic nitrogens is 6. The summed E-state index contributed by atoms with van der Waals surface area (Å²) in [5.74, 6) is 0.801. The molecular weight excluding hydrogens is 352 g/mol. The summed E-state index contributed by atoms with van der Waals surface area (Å²) >= 11 is 0. The molecule has 0 spiro atoms. The van der Waals surface area contributed by atoms with Gasteiger partial charge in [-0.2, -0.15) is 0 Å². The summed E-state index contributed by atoms with van der Waals surface area (Å²) < 4.78 is 6.99. The third-order valence-electron chi connectivity index (χ3n) is 4.61. The molecule has 0 aliphatic carbocycles. The normalized spacial score (nSPS) is 11.2. The molecule has 0 saturated heterocycles. The van der Waals surface area contributed by atoms with Gasteiger partial charge in [-0.1, -0.05) is 17.3 Å². The van der Waals surface area contributed by atoms with Crippen LogP contribution in [0.1, 0.15) is 5.56 Å². The molecule has 0 fully saturated rings. The maximum atomic E-state index is 5.21. The predicted octanol–water partition coefficient (Wildman–Crippen LogP) is 3.49. The first-order valence-corrected chi connectivity index (χ1v) is 8.84. The Bertz CT molecular complexity index is 1280. The van der Waals surface area contributed by atoms with E-state index in [1.807, 2.05) is 48.5 Å². The van der Waals surface area contributed by atoms with Crippen LogP contribution in [0.15, 0.2) is 67.0 Å². The molecule has 3 aromatic heterocycles. The number of hydrogen-bond acceptors (Lipinski definition) is 6. The van der Waals surface area contributed by atoms with E-state index < -0.39 is 0 Å². The minimum Gasteiger partial charge on any atom is -0.497 e. The van der Waals surface area contributed by atoms with Crippen LogP contribution in [0.2, 0.25) is 0 Å². The number of hydrogen-bond donors (Lipinski definition) is 0. The van der Waals surface area contributed by atoms with Crippen LogP contribution in [-0.2, 0) is 6.54 Å². The lowest BCUT2D eigenvalue weighted by Crippen LogP contribution is -2.03. The van der Waals surface area contributed by atoms with Gasteiger partial charge < -0.3 is 4.74 Å². The van der Waals surface area contributed by atoms with Gasteiger partial charge in [0.05, 0.1) is 31.1 Å². The van der Waals surface area contributed by atoms with Crippen LogP contribution in [0, 0.1) is 0 Å². The Balaban J connectivity index is 1.51. The van der Waals surface area contributed by atoms with Crippen LogP contribution >= 0.6 is 0 Å². The van der Waals surface area contributed by atoms with Gasteiger partial charge in [-0.15, -0.1) is 5.10 Å². The van der Waals surface area contributed by atoms with Gasteiger partial charge in [0, 0.05) is 17.1 Å². The number of ether oxygens (including phenoxy) is 1. The largest absolute Gasteiger partial charge is 0.497 e. The van der Waals surface area contributed by atoms with Crippen molar-refractivity contribution < 1.29 is 4.74 Å². The monoisotopic (exact) mass is 368 g/mol. The molecule has 0 bridgehead atoms. The maximum Gasteiger partial charge on any atom is 0.221 e. The van der Waals surface area contributed by atoms with Gasteiger partial charge in [-0.3, -0.25) is 4.98 Å². The highest BCUT2D eigenvalue weighted by Crippen LogP contribution is 2.22. The molecule has 0 saturated carbocycles. The Hall–Kier alpha value is -3.87. The molecule has 0 atom stereocenters. The van der Waals surface area contributed by atoms with Crippen LogP contribution < -0.4 is 4.74 Å². The van der Waals surface area contributed by atoms with Crippen molar-refractivity contribution in [2.24, 2.45) is 0 Å². The standard InChI is InChI=1S/C21H16N6O/c1-28-17-7-5-15(6-8-17)19-12-23-20-21(24-19)27(26-25-20)13-14-4-9-18-16(11-14)3-2-10-22-18/h2-12H,13H2,1H3. The maximum absolute atomic E-state index is 5.21. The average Bonchev–Trinajstić information content (AvgIpc) is 3.16. The van der Waals surface area contributed by atoms with Crippen LogP contribution in [0.5, 0.6) is 5.75 Å². The van der Waals surface area contributed by atoms with Crippen molar-refractivity contribution >= 4 is 22.2 Å². The van der Waals surface area contributed by atoms with Crippen LogP contribution in [-0.4, -0.2) is 37.1 Å². The van der Waals surface area contributed by atoms with Gasteiger partial charge in [-0.25, -0.2) is 14.6 Å². The number of methoxy groups -OCH3 is 1. The summed E-state index contributed by atoms with van der Waals surface area (Å²) in [6, 6.07) is 17.9. The first-order chi connectivity index (χ1) is 13.8. The zero-order valence-corrected chi connectivity index (χ0v) is 15.1. The Morgan fingerprint density at radius 3 is 2.75 bits per heavy atom. The molecule has 3 heterocycles. The van der Waals surface area contributed by atoms with Crippen molar-refractivity contribution in [1.82, 2.24) is 29.9 Å². The molecular formula is C21H16N6O. The van der Waals surface area contributed by atoms with Crippen molar-refractivity contribution in [3.8, 4) is 17.0 Å². The second-order valence-corrected chi connectivity index (χ2v) is 6.41. The van der Waals surface area contributed by atoms with E-state index in [9.17, 15) is 0 Å². The van der Waals surface area contributed by atoms with Gasteiger partial charge in [0.15, 0.2) is 5.65 Å². The number of rotatable bonds is 4. The van der Waals surface area contributed by atoms with Crippen molar-refractivity contribution in [3.63, 3.8) is 0 Å². The minimum absolute atomic E-state index is 0.528. The van der Waals surface area contributed by atoms with E-state index in [1.54, 1.807) is 24.2 Å². The number of fused-ring (bicyclic) bond motifs is 2. The lowest BCUT2D eigenvalue weighted by molar-refractivity contribution is 0.415. The summed E-state index contributed by atoms with van der Waals surface area (Å²) in [4.78, 5) is 13.5. The molecule has 0 amide bonds. The Labute approximate surface area is 160 Å². The summed E-state index contributed by atoms with van der Waals surface area (Å²) in [5.41, 5.74) is 4.97. The van der Waals surface area contributed by atoms with E-state index in [-0.39, 0.29) is 0 Å². The van der Waals surface area contributed by atoms with Gasteiger partial charge in [-0.05, 0) is 48.0 Å². The van der Waals surface area contributed by atoms with E-state index >= 15 is 0 Å². The summed E-state index contributed by atoms with van der Waals surface area (Å²) in [6.07, 6.45) is 3.51. The SMILES string of the molecule is COc1ccc(-c2cnc3nnn(Cc4ccc5ncccc5c4)c3n2)cc1. The first-order valence-electron chi connectivity index (χ1n) is 8.84. The van der Waals surface area contributed by atoms with Gasteiger partial charge >= 0.3 is 0 Å².